The molecule has 2 saturated heterocycles. The van der Waals surface area contributed by atoms with Crippen molar-refractivity contribution in [1.82, 2.24) is 19.7 Å². The Labute approximate surface area is 187 Å². The van der Waals surface area contributed by atoms with Gasteiger partial charge in [0.2, 0.25) is 0 Å². The highest BCUT2D eigenvalue weighted by Crippen LogP contribution is 2.62. The molecule has 2 aliphatic heterocycles. The first kappa shape index (κ1) is 19.5. The summed E-state index contributed by atoms with van der Waals surface area (Å²) in [5.41, 5.74) is 2.00. The van der Waals surface area contributed by atoms with Crippen LogP contribution < -0.4 is 10.2 Å². The first-order valence-electron chi connectivity index (χ1n) is 11.1. The molecular formula is C22H28ClN7O. The first-order valence-corrected chi connectivity index (χ1v) is 11.5. The molecule has 9 heteroatoms. The molecule has 5 fully saturated rings. The second-order valence-electron chi connectivity index (χ2n) is 9.84. The monoisotopic (exact) mass is 441 g/mol. The molecule has 164 valence electrons. The van der Waals surface area contributed by atoms with E-state index < -0.39 is 0 Å². The minimum absolute atomic E-state index is 0.167. The van der Waals surface area contributed by atoms with Crippen LogP contribution in [0.5, 0.6) is 0 Å². The molecule has 2 aromatic rings. The van der Waals surface area contributed by atoms with E-state index in [1.165, 1.54) is 25.5 Å². The number of nitrogens with one attached hydrogen (secondary N) is 2. The van der Waals surface area contributed by atoms with Crippen molar-refractivity contribution in [2.24, 2.45) is 5.92 Å². The molecule has 0 radical (unpaired) electrons. The maximum Gasteiger partial charge on any atom is 0.149 e. The molecule has 0 amide bonds. The van der Waals surface area contributed by atoms with E-state index in [1.807, 2.05) is 12.3 Å². The van der Waals surface area contributed by atoms with Gasteiger partial charge >= 0.3 is 0 Å². The van der Waals surface area contributed by atoms with Gasteiger partial charge in [-0.1, -0.05) is 11.6 Å². The van der Waals surface area contributed by atoms with Crippen LogP contribution in [0, 0.1) is 11.3 Å². The zero-order valence-electron chi connectivity index (χ0n) is 17.8. The van der Waals surface area contributed by atoms with E-state index in [0.717, 1.165) is 56.8 Å². The summed E-state index contributed by atoms with van der Waals surface area (Å²) in [7, 11) is 0. The standard InChI is InChI=1S/C22H28ClN7O/c1-21(13-31-14-21)29-4-2-28(3-5-29)20-18(23)6-16(10-24)19(27-20)26-17-11-25-30(12-17)22-7-15(8-22)9-22/h6,10-12,15,24H,2-5,7-9,13-14H2,1H3,(H,26,27). The Balaban J connectivity index is 1.20. The molecule has 3 aliphatic carbocycles. The summed E-state index contributed by atoms with van der Waals surface area (Å²) in [4.78, 5) is 9.60. The van der Waals surface area contributed by atoms with Gasteiger partial charge in [0.15, 0.2) is 0 Å². The minimum atomic E-state index is 0.167. The van der Waals surface area contributed by atoms with Gasteiger partial charge in [-0.05, 0) is 38.2 Å². The maximum absolute atomic E-state index is 7.82. The molecule has 7 rings (SSSR count). The summed E-state index contributed by atoms with van der Waals surface area (Å²) in [5.74, 6) is 2.33. The van der Waals surface area contributed by atoms with Crippen LogP contribution in [0.3, 0.4) is 0 Å². The van der Waals surface area contributed by atoms with E-state index in [-0.39, 0.29) is 11.1 Å². The molecule has 3 saturated carbocycles. The van der Waals surface area contributed by atoms with Crippen LogP contribution in [0.15, 0.2) is 18.5 Å². The van der Waals surface area contributed by atoms with Crippen molar-refractivity contribution in [3.63, 3.8) is 0 Å². The molecule has 0 aromatic carbocycles. The Morgan fingerprint density at radius 1 is 1.23 bits per heavy atom. The predicted molar refractivity (Wildman–Crippen MR) is 121 cm³/mol. The fourth-order valence-electron chi connectivity index (χ4n) is 5.46. The summed E-state index contributed by atoms with van der Waals surface area (Å²) >= 11 is 6.59. The van der Waals surface area contributed by atoms with Gasteiger partial charge in [0.25, 0.3) is 0 Å². The van der Waals surface area contributed by atoms with Crippen LogP contribution in [-0.4, -0.2) is 70.8 Å². The fourth-order valence-corrected chi connectivity index (χ4v) is 5.74. The summed E-state index contributed by atoms with van der Waals surface area (Å²) in [6.45, 7) is 7.55. The van der Waals surface area contributed by atoms with Gasteiger partial charge in [-0.3, -0.25) is 9.58 Å². The van der Waals surface area contributed by atoms with Crippen LogP contribution in [0.2, 0.25) is 5.02 Å². The average molecular weight is 442 g/mol. The lowest BCUT2D eigenvalue weighted by Gasteiger charge is -2.61. The lowest BCUT2D eigenvalue weighted by molar-refractivity contribution is -0.131. The van der Waals surface area contributed by atoms with Crippen molar-refractivity contribution >= 4 is 35.1 Å². The molecular weight excluding hydrogens is 414 g/mol. The maximum atomic E-state index is 7.82. The van der Waals surface area contributed by atoms with Crippen molar-refractivity contribution in [3.05, 3.63) is 29.0 Å². The number of halogens is 1. The molecule has 4 heterocycles. The van der Waals surface area contributed by atoms with Crippen molar-refractivity contribution in [1.29, 1.82) is 5.41 Å². The van der Waals surface area contributed by atoms with E-state index in [0.29, 0.717) is 16.4 Å². The SMILES string of the molecule is CC1(N2CCN(c3nc(Nc4cnn(C56CC(C5)C6)c4)c(C=N)cc3Cl)CC2)COC1. The van der Waals surface area contributed by atoms with Gasteiger partial charge < -0.3 is 20.4 Å². The molecule has 5 aliphatic rings. The second-order valence-corrected chi connectivity index (χ2v) is 10.2. The number of nitrogens with zero attached hydrogens (tertiary/aromatic N) is 5. The number of pyridine rings is 1. The van der Waals surface area contributed by atoms with Gasteiger partial charge in [0.1, 0.15) is 11.6 Å². The zero-order valence-corrected chi connectivity index (χ0v) is 18.5. The Hall–Kier alpha value is -2.16. The van der Waals surface area contributed by atoms with E-state index in [1.54, 1.807) is 0 Å². The predicted octanol–water partition coefficient (Wildman–Crippen LogP) is 3.09. The molecule has 2 N–H and O–H groups in total. The minimum Gasteiger partial charge on any atom is -0.377 e. The van der Waals surface area contributed by atoms with Crippen LogP contribution in [0.1, 0.15) is 31.7 Å². The number of piperazine rings is 1. The highest BCUT2D eigenvalue weighted by atomic mass is 35.5. The highest BCUT2D eigenvalue weighted by molar-refractivity contribution is 6.33. The molecule has 31 heavy (non-hydrogen) atoms. The molecule has 0 atom stereocenters. The van der Waals surface area contributed by atoms with Crippen molar-refractivity contribution < 1.29 is 4.74 Å². The van der Waals surface area contributed by atoms with Gasteiger partial charge in [0.05, 0.1) is 41.2 Å². The summed E-state index contributed by atoms with van der Waals surface area (Å²) < 4.78 is 7.54. The van der Waals surface area contributed by atoms with Gasteiger partial charge in [-0.2, -0.15) is 5.10 Å². The normalized spacial score (nSPS) is 29.0. The van der Waals surface area contributed by atoms with E-state index >= 15 is 0 Å². The second kappa shape index (κ2) is 6.92. The van der Waals surface area contributed by atoms with Crippen LogP contribution in [-0.2, 0) is 10.3 Å². The molecule has 2 aromatic heterocycles. The van der Waals surface area contributed by atoms with E-state index in [4.69, 9.17) is 26.7 Å². The topological polar surface area (TPSA) is 82.3 Å². The van der Waals surface area contributed by atoms with Gasteiger partial charge in [-0.15, -0.1) is 0 Å². The average Bonchev–Trinajstić information content (AvgIpc) is 3.13. The Bertz CT molecular complexity index is 1010. The number of hydrogen-bond donors (Lipinski definition) is 2. The third-order valence-corrected chi connectivity index (χ3v) is 7.93. The Kier molecular flexibility index (Phi) is 4.36. The van der Waals surface area contributed by atoms with Crippen molar-refractivity contribution in [2.75, 3.05) is 49.6 Å². The first-order chi connectivity index (χ1) is 15.0. The Morgan fingerprint density at radius 3 is 2.55 bits per heavy atom. The lowest BCUT2D eigenvalue weighted by Crippen LogP contribution is -2.64. The van der Waals surface area contributed by atoms with Crippen molar-refractivity contribution in [3.8, 4) is 0 Å². The third kappa shape index (κ3) is 3.07. The molecule has 0 spiro atoms. The van der Waals surface area contributed by atoms with E-state index in [2.05, 4.69) is 38.0 Å². The quantitative estimate of drug-likeness (QED) is 0.670. The lowest BCUT2D eigenvalue weighted by atomic mass is 9.50. The van der Waals surface area contributed by atoms with E-state index in [9.17, 15) is 0 Å². The fraction of sp³-hybridized carbons (Fsp3) is 0.591. The number of hydrogen-bond acceptors (Lipinski definition) is 7. The molecule has 0 unspecified atom stereocenters. The third-order valence-electron chi connectivity index (χ3n) is 7.65. The highest BCUT2D eigenvalue weighted by Gasteiger charge is 2.58. The van der Waals surface area contributed by atoms with Crippen LogP contribution in [0.25, 0.3) is 0 Å². The molecule has 2 bridgehead atoms. The number of aromatic nitrogens is 3. The van der Waals surface area contributed by atoms with Crippen LogP contribution in [0.4, 0.5) is 17.3 Å². The summed E-state index contributed by atoms with van der Waals surface area (Å²) in [6, 6.07) is 1.83. The summed E-state index contributed by atoms with van der Waals surface area (Å²) in [5, 5.41) is 16.4. The van der Waals surface area contributed by atoms with Crippen LogP contribution >= 0.6 is 11.6 Å². The van der Waals surface area contributed by atoms with Gasteiger partial charge in [0, 0.05) is 44.2 Å². The largest absolute Gasteiger partial charge is 0.377 e. The number of rotatable bonds is 6. The van der Waals surface area contributed by atoms with Gasteiger partial charge in [-0.25, -0.2) is 4.98 Å². The molecule has 8 nitrogen and oxygen atoms in total. The summed E-state index contributed by atoms with van der Waals surface area (Å²) in [6.07, 6.45) is 8.97. The Morgan fingerprint density at radius 2 is 1.97 bits per heavy atom. The number of ether oxygens (including phenoxy) is 1. The van der Waals surface area contributed by atoms with Crippen molar-refractivity contribution in [2.45, 2.75) is 37.3 Å². The number of anilines is 3. The smallest absolute Gasteiger partial charge is 0.149 e. The zero-order chi connectivity index (χ0) is 21.2.